The van der Waals surface area contributed by atoms with Crippen LogP contribution in [0.3, 0.4) is 0 Å². The van der Waals surface area contributed by atoms with Crippen LogP contribution < -0.4 is 10.4 Å². The molecular weight excluding hydrogens is 292 g/mol. The topological polar surface area (TPSA) is 87.0 Å². The molecule has 0 aliphatic heterocycles. The highest BCUT2D eigenvalue weighted by molar-refractivity contribution is 5.90. The van der Waals surface area contributed by atoms with Crippen molar-refractivity contribution in [2.45, 2.75) is 0 Å². The van der Waals surface area contributed by atoms with Crippen molar-refractivity contribution in [3.8, 4) is 29.0 Å². The lowest BCUT2D eigenvalue weighted by Gasteiger charge is -2.07. The molecule has 1 heterocycles. The van der Waals surface area contributed by atoms with E-state index in [1.165, 1.54) is 7.11 Å². The number of hydrogen-bond acceptors (Lipinski definition) is 5. The van der Waals surface area contributed by atoms with Gasteiger partial charge in [0.2, 0.25) is 0 Å². The van der Waals surface area contributed by atoms with Gasteiger partial charge in [0.1, 0.15) is 17.4 Å². The quantitative estimate of drug-likeness (QED) is 0.678. The average Bonchev–Trinajstić information content (AvgIpc) is 2.60. The van der Waals surface area contributed by atoms with Crippen LogP contribution in [-0.4, -0.2) is 7.11 Å². The third kappa shape index (κ3) is 2.41. The lowest BCUT2D eigenvalue weighted by molar-refractivity contribution is 0.414. The lowest BCUT2D eigenvalue weighted by atomic mass is 9.98. The molecule has 0 N–H and O–H groups in total. The van der Waals surface area contributed by atoms with Gasteiger partial charge in [0.25, 0.3) is 0 Å². The third-order valence-electron chi connectivity index (χ3n) is 3.53. The molecule has 0 radical (unpaired) electrons. The molecule has 0 unspecified atom stereocenters. The second-order valence-corrected chi connectivity index (χ2v) is 4.80. The van der Waals surface area contributed by atoms with Crippen LogP contribution in [0.2, 0.25) is 0 Å². The van der Waals surface area contributed by atoms with Gasteiger partial charge in [-0.15, -0.1) is 0 Å². The molecule has 0 fully saturated rings. The van der Waals surface area contributed by atoms with Crippen molar-refractivity contribution >= 4 is 11.0 Å². The minimum Gasteiger partial charge on any atom is -0.497 e. The molecule has 0 aliphatic rings. The number of fused-ring (bicyclic) bond motifs is 1. The summed E-state index contributed by atoms with van der Waals surface area (Å²) in [5.74, 6) is 0.538. The molecule has 3 aromatic rings. The van der Waals surface area contributed by atoms with Crippen molar-refractivity contribution < 1.29 is 9.15 Å². The zero-order valence-electron chi connectivity index (χ0n) is 12.2. The van der Waals surface area contributed by atoms with Gasteiger partial charge in [-0.05, 0) is 29.8 Å². The lowest BCUT2D eigenvalue weighted by Crippen LogP contribution is -2.06. The van der Waals surface area contributed by atoms with Crippen molar-refractivity contribution in [3.05, 3.63) is 64.0 Å². The summed E-state index contributed by atoms with van der Waals surface area (Å²) in [6, 6.07) is 15.5. The van der Waals surface area contributed by atoms with Crippen molar-refractivity contribution in [1.29, 1.82) is 10.5 Å². The molecule has 0 saturated heterocycles. The zero-order valence-corrected chi connectivity index (χ0v) is 12.2. The maximum atomic E-state index is 12.3. The highest BCUT2D eigenvalue weighted by atomic mass is 16.5. The first kappa shape index (κ1) is 14.4. The summed E-state index contributed by atoms with van der Waals surface area (Å²) in [6.07, 6.45) is 0. The first-order chi connectivity index (χ1) is 11.2. The maximum absolute atomic E-state index is 12.3. The number of nitrogens with zero attached hydrogens (tertiary/aromatic N) is 2. The number of ether oxygens (including phenoxy) is 1. The van der Waals surface area contributed by atoms with Crippen LogP contribution in [0.1, 0.15) is 11.1 Å². The van der Waals surface area contributed by atoms with E-state index in [-0.39, 0.29) is 11.1 Å². The maximum Gasteiger partial charge on any atom is 0.345 e. The number of hydrogen-bond donors (Lipinski definition) is 0. The Bertz CT molecular complexity index is 1040. The molecule has 1 aromatic heterocycles. The summed E-state index contributed by atoms with van der Waals surface area (Å²) in [4.78, 5) is 12.3. The Morgan fingerprint density at radius 3 is 2.39 bits per heavy atom. The van der Waals surface area contributed by atoms with Crippen LogP contribution in [0.4, 0.5) is 0 Å². The van der Waals surface area contributed by atoms with Gasteiger partial charge < -0.3 is 9.15 Å². The summed E-state index contributed by atoms with van der Waals surface area (Å²) < 4.78 is 10.4. The van der Waals surface area contributed by atoms with Gasteiger partial charge in [0, 0.05) is 11.5 Å². The summed E-state index contributed by atoms with van der Waals surface area (Å²) in [6.45, 7) is 0. The molecule has 23 heavy (non-hydrogen) atoms. The summed E-state index contributed by atoms with van der Waals surface area (Å²) >= 11 is 0. The fourth-order valence-electron chi connectivity index (χ4n) is 2.40. The highest BCUT2D eigenvalue weighted by Gasteiger charge is 2.16. The monoisotopic (exact) mass is 302 g/mol. The Balaban J connectivity index is 2.33. The Hall–Kier alpha value is -3.57. The fraction of sp³-hybridized carbons (Fsp3) is 0.0556. The van der Waals surface area contributed by atoms with Crippen molar-refractivity contribution in [3.63, 3.8) is 0 Å². The molecule has 0 amide bonds. The molecule has 110 valence electrons. The molecular formula is C18H10N2O3. The van der Waals surface area contributed by atoms with Crippen LogP contribution in [0, 0.1) is 22.7 Å². The second kappa shape index (κ2) is 5.67. The Kier molecular flexibility index (Phi) is 3.54. The predicted molar refractivity (Wildman–Crippen MR) is 83.9 cm³/mol. The highest BCUT2D eigenvalue weighted by Crippen LogP contribution is 2.29. The minimum atomic E-state index is -0.605. The minimum absolute atomic E-state index is 0.189. The van der Waals surface area contributed by atoms with E-state index >= 15 is 0 Å². The predicted octanol–water partition coefficient (Wildman–Crippen LogP) is 3.21. The van der Waals surface area contributed by atoms with E-state index in [9.17, 15) is 10.1 Å². The van der Waals surface area contributed by atoms with Gasteiger partial charge in [0.15, 0.2) is 0 Å². The van der Waals surface area contributed by atoms with Gasteiger partial charge >= 0.3 is 5.63 Å². The van der Waals surface area contributed by atoms with Gasteiger partial charge in [-0.1, -0.05) is 12.1 Å². The molecule has 0 aliphatic carbocycles. The van der Waals surface area contributed by atoms with Gasteiger partial charge in [-0.2, -0.15) is 10.5 Å². The molecule has 5 nitrogen and oxygen atoms in total. The van der Waals surface area contributed by atoms with E-state index in [0.29, 0.717) is 27.8 Å². The van der Waals surface area contributed by atoms with Gasteiger partial charge in [-0.3, -0.25) is 0 Å². The average molecular weight is 302 g/mol. The summed E-state index contributed by atoms with van der Waals surface area (Å²) in [5.41, 5.74) is 1.13. The van der Waals surface area contributed by atoms with Crippen LogP contribution in [0.15, 0.2) is 51.7 Å². The molecule has 5 heteroatoms. The summed E-state index contributed by atoms with van der Waals surface area (Å²) in [5, 5.41) is 18.9. The summed E-state index contributed by atoms with van der Waals surface area (Å²) in [7, 11) is 1.51. The first-order valence-corrected chi connectivity index (χ1v) is 6.73. The smallest absolute Gasteiger partial charge is 0.345 e. The Labute approximate surface area is 131 Å². The molecule has 3 rings (SSSR count). The Morgan fingerprint density at radius 2 is 1.78 bits per heavy atom. The third-order valence-corrected chi connectivity index (χ3v) is 3.53. The number of benzene rings is 2. The van der Waals surface area contributed by atoms with Gasteiger partial charge in [0.05, 0.1) is 29.9 Å². The van der Waals surface area contributed by atoms with E-state index in [4.69, 9.17) is 14.4 Å². The molecule has 0 atom stereocenters. The Morgan fingerprint density at radius 1 is 1.04 bits per heavy atom. The molecule has 0 spiro atoms. The fourth-order valence-corrected chi connectivity index (χ4v) is 2.40. The molecule has 2 aromatic carbocycles. The SMILES string of the molecule is COc1ccc2c(C#N)c(-c3ccc(C#N)cc3)c(=O)oc2c1. The van der Waals surface area contributed by atoms with E-state index in [2.05, 4.69) is 6.07 Å². The van der Waals surface area contributed by atoms with Crippen molar-refractivity contribution in [1.82, 2.24) is 0 Å². The van der Waals surface area contributed by atoms with Gasteiger partial charge in [-0.25, -0.2) is 4.79 Å². The number of rotatable bonds is 2. The second-order valence-electron chi connectivity index (χ2n) is 4.80. The largest absolute Gasteiger partial charge is 0.497 e. The van der Waals surface area contributed by atoms with Crippen molar-refractivity contribution in [2.24, 2.45) is 0 Å². The van der Waals surface area contributed by atoms with E-state index in [1.54, 1.807) is 42.5 Å². The molecule has 0 saturated carbocycles. The number of nitriles is 2. The standard InChI is InChI=1S/C18H10N2O3/c1-22-13-6-7-14-15(10-20)17(18(21)23-16(14)8-13)12-4-2-11(9-19)3-5-12/h2-8H,1H3. The molecule has 0 bridgehead atoms. The number of methoxy groups -OCH3 is 1. The normalized spacial score (nSPS) is 10.0. The van der Waals surface area contributed by atoms with E-state index < -0.39 is 5.63 Å². The van der Waals surface area contributed by atoms with Crippen LogP contribution in [0.25, 0.3) is 22.1 Å². The van der Waals surface area contributed by atoms with Crippen molar-refractivity contribution in [2.75, 3.05) is 7.11 Å². The van der Waals surface area contributed by atoms with E-state index in [1.807, 2.05) is 6.07 Å². The van der Waals surface area contributed by atoms with Crippen LogP contribution in [0.5, 0.6) is 5.75 Å². The van der Waals surface area contributed by atoms with E-state index in [0.717, 1.165) is 0 Å². The zero-order chi connectivity index (χ0) is 16.4. The van der Waals surface area contributed by atoms with Crippen LogP contribution >= 0.6 is 0 Å². The van der Waals surface area contributed by atoms with Crippen LogP contribution in [-0.2, 0) is 0 Å². The first-order valence-electron chi connectivity index (χ1n) is 6.73.